The molecule has 18 heavy (non-hydrogen) atoms. The lowest BCUT2D eigenvalue weighted by molar-refractivity contribution is -0.135. The number of amides is 2. The molecule has 1 fully saturated rings. The molecular weight excluding hydrogens is 230 g/mol. The van der Waals surface area contributed by atoms with Gasteiger partial charge in [0, 0.05) is 31.6 Å². The predicted molar refractivity (Wildman–Crippen MR) is 71.1 cm³/mol. The second-order valence-corrected chi connectivity index (χ2v) is 5.87. The molecule has 0 aromatic heterocycles. The van der Waals surface area contributed by atoms with Gasteiger partial charge in [-0.1, -0.05) is 0 Å². The second kappa shape index (κ2) is 6.18. The fourth-order valence-electron chi connectivity index (χ4n) is 2.05. The van der Waals surface area contributed by atoms with Crippen LogP contribution in [0.2, 0.25) is 0 Å². The first-order valence-corrected chi connectivity index (χ1v) is 6.58. The van der Waals surface area contributed by atoms with Crippen molar-refractivity contribution in [3.63, 3.8) is 0 Å². The van der Waals surface area contributed by atoms with Gasteiger partial charge in [-0.3, -0.25) is 9.59 Å². The quantitative estimate of drug-likeness (QED) is 0.765. The fourth-order valence-corrected chi connectivity index (χ4v) is 2.05. The Kier molecular flexibility index (Phi) is 5.14. The van der Waals surface area contributed by atoms with Gasteiger partial charge in [0.05, 0.1) is 6.54 Å². The lowest BCUT2D eigenvalue weighted by atomic mass is 9.96. The maximum atomic E-state index is 12.0. The van der Waals surface area contributed by atoms with Crippen LogP contribution in [0.5, 0.6) is 0 Å². The largest absolute Gasteiger partial charge is 0.359 e. The molecule has 2 amide bonds. The molecule has 0 atom stereocenters. The lowest BCUT2D eigenvalue weighted by Crippen LogP contribution is -2.48. The first-order chi connectivity index (χ1) is 8.33. The van der Waals surface area contributed by atoms with E-state index in [4.69, 9.17) is 0 Å². The highest BCUT2D eigenvalue weighted by molar-refractivity contribution is 5.80. The van der Waals surface area contributed by atoms with E-state index in [1.807, 2.05) is 25.7 Å². The van der Waals surface area contributed by atoms with E-state index in [1.54, 1.807) is 7.05 Å². The number of carbonyl (C=O) groups is 2. The smallest absolute Gasteiger partial charge is 0.236 e. The Labute approximate surface area is 109 Å². The van der Waals surface area contributed by atoms with E-state index in [0.29, 0.717) is 19.6 Å². The van der Waals surface area contributed by atoms with Gasteiger partial charge in [0.1, 0.15) is 0 Å². The van der Waals surface area contributed by atoms with Crippen LogP contribution in [-0.4, -0.2) is 48.9 Å². The van der Waals surface area contributed by atoms with Gasteiger partial charge in [0.15, 0.2) is 0 Å². The van der Waals surface area contributed by atoms with E-state index in [-0.39, 0.29) is 23.3 Å². The molecule has 1 saturated heterocycles. The molecule has 104 valence electrons. The zero-order valence-electron chi connectivity index (χ0n) is 11.9. The van der Waals surface area contributed by atoms with Gasteiger partial charge in [-0.25, -0.2) is 0 Å². The summed E-state index contributed by atoms with van der Waals surface area (Å²) < 4.78 is 0. The lowest BCUT2D eigenvalue weighted by Gasteiger charge is -2.32. The van der Waals surface area contributed by atoms with Crippen LogP contribution in [0.4, 0.5) is 0 Å². The molecule has 1 aliphatic heterocycles. The molecule has 5 nitrogen and oxygen atoms in total. The normalized spacial score (nSPS) is 17.7. The van der Waals surface area contributed by atoms with Gasteiger partial charge >= 0.3 is 0 Å². The van der Waals surface area contributed by atoms with E-state index in [0.717, 1.165) is 12.8 Å². The first kappa shape index (κ1) is 15.0. The van der Waals surface area contributed by atoms with Crippen molar-refractivity contribution in [3.05, 3.63) is 0 Å². The van der Waals surface area contributed by atoms with E-state index in [1.165, 1.54) is 0 Å². The molecule has 1 aliphatic rings. The Morgan fingerprint density at radius 1 is 1.22 bits per heavy atom. The van der Waals surface area contributed by atoms with Crippen molar-refractivity contribution in [1.82, 2.24) is 15.5 Å². The highest BCUT2D eigenvalue weighted by atomic mass is 16.2. The van der Waals surface area contributed by atoms with Crippen LogP contribution in [0.15, 0.2) is 0 Å². The van der Waals surface area contributed by atoms with Crippen molar-refractivity contribution < 1.29 is 9.59 Å². The predicted octanol–water partition coefficient (Wildman–Crippen LogP) is 0.359. The topological polar surface area (TPSA) is 61.4 Å². The first-order valence-electron chi connectivity index (χ1n) is 6.58. The number of nitrogens with zero attached hydrogens (tertiary/aromatic N) is 1. The summed E-state index contributed by atoms with van der Waals surface area (Å²) in [7, 11) is 1.66. The third kappa shape index (κ3) is 4.64. The minimum absolute atomic E-state index is 0.0456. The minimum atomic E-state index is -0.0456. The number of hydrogen-bond acceptors (Lipinski definition) is 3. The molecule has 2 N–H and O–H groups in total. The number of carbonyl (C=O) groups excluding carboxylic acids is 2. The van der Waals surface area contributed by atoms with Crippen molar-refractivity contribution in [2.24, 2.45) is 5.92 Å². The Morgan fingerprint density at radius 3 is 2.22 bits per heavy atom. The van der Waals surface area contributed by atoms with Crippen LogP contribution >= 0.6 is 0 Å². The molecule has 1 rings (SSSR count). The number of piperidine rings is 1. The molecular formula is C13H25N3O2. The van der Waals surface area contributed by atoms with Crippen molar-refractivity contribution >= 4 is 11.8 Å². The van der Waals surface area contributed by atoms with Crippen LogP contribution in [0, 0.1) is 5.92 Å². The Morgan fingerprint density at radius 2 is 1.78 bits per heavy atom. The summed E-state index contributed by atoms with van der Waals surface area (Å²) in [6, 6.07) is 0. The van der Waals surface area contributed by atoms with Crippen LogP contribution in [0.25, 0.3) is 0 Å². The molecule has 0 aliphatic carbocycles. The number of hydrogen-bond donors (Lipinski definition) is 2. The summed E-state index contributed by atoms with van der Waals surface area (Å²) >= 11 is 0. The summed E-state index contributed by atoms with van der Waals surface area (Å²) in [6.45, 7) is 7.86. The molecule has 0 radical (unpaired) electrons. The highest BCUT2D eigenvalue weighted by Gasteiger charge is 2.26. The number of likely N-dealkylation sites (tertiary alicyclic amines) is 1. The molecule has 0 aromatic carbocycles. The second-order valence-electron chi connectivity index (χ2n) is 5.87. The maximum Gasteiger partial charge on any atom is 0.236 e. The average Bonchev–Trinajstić information content (AvgIpc) is 2.34. The van der Waals surface area contributed by atoms with Crippen molar-refractivity contribution in [1.29, 1.82) is 0 Å². The van der Waals surface area contributed by atoms with Crippen LogP contribution in [-0.2, 0) is 9.59 Å². The number of nitrogens with one attached hydrogen (secondary N) is 2. The summed E-state index contributed by atoms with van der Waals surface area (Å²) in [5.41, 5.74) is -0.0456. The zero-order valence-corrected chi connectivity index (χ0v) is 11.9. The van der Waals surface area contributed by atoms with Crippen molar-refractivity contribution in [3.8, 4) is 0 Å². The van der Waals surface area contributed by atoms with Gasteiger partial charge in [-0.15, -0.1) is 0 Å². The van der Waals surface area contributed by atoms with E-state index >= 15 is 0 Å². The zero-order chi connectivity index (χ0) is 13.8. The Balaban J connectivity index is 2.34. The monoisotopic (exact) mass is 255 g/mol. The van der Waals surface area contributed by atoms with E-state index in [9.17, 15) is 9.59 Å². The standard InChI is InChI=1S/C13H25N3O2/c1-13(2,3)15-9-11(17)16-7-5-10(6-8-16)12(18)14-4/h10,15H,5-9H2,1-4H3,(H,14,18). The molecule has 0 spiro atoms. The average molecular weight is 255 g/mol. The molecule has 0 unspecified atom stereocenters. The Hall–Kier alpha value is -1.10. The van der Waals surface area contributed by atoms with Gasteiger partial charge in [-0.2, -0.15) is 0 Å². The maximum absolute atomic E-state index is 12.0. The van der Waals surface area contributed by atoms with E-state index < -0.39 is 0 Å². The Bertz CT molecular complexity index is 302. The van der Waals surface area contributed by atoms with Gasteiger partial charge in [0.25, 0.3) is 0 Å². The van der Waals surface area contributed by atoms with Crippen molar-refractivity contribution in [2.75, 3.05) is 26.7 Å². The van der Waals surface area contributed by atoms with Gasteiger partial charge in [0.2, 0.25) is 11.8 Å². The summed E-state index contributed by atoms with van der Waals surface area (Å²) in [5, 5.41) is 5.86. The minimum Gasteiger partial charge on any atom is -0.359 e. The molecule has 0 aromatic rings. The van der Waals surface area contributed by atoms with Crippen LogP contribution in [0.3, 0.4) is 0 Å². The summed E-state index contributed by atoms with van der Waals surface area (Å²) in [6.07, 6.45) is 1.53. The fraction of sp³-hybridized carbons (Fsp3) is 0.846. The SMILES string of the molecule is CNC(=O)C1CCN(C(=O)CNC(C)(C)C)CC1. The highest BCUT2D eigenvalue weighted by Crippen LogP contribution is 2.17. The summed E-state index contributed by atoms with van der Waals surface area (Å²) in [5.74, 6) is 0.282. The third-order valence-electron chi connectivity index (χ3n) is 3.23. The van der Waals surface area contributed by atoms with Crippen LogP contribution in [0.1, 0.15) is 33.6 Å². The molecule has 0 saturated carbocycles. The molecule has 1 heterocycles. The van der Waals surface area contributed by atoms with Gasteiger partial charge < -0.3 is 15.5 Å². The van der Waals surface area contributed by atoms with E-state index in [2.05, 4.69) is 10.6 Å². The number of rotatable bonds is 3. The van der Waals surface area contributed by atoms with Crippen LogP contribution < -0.4 is 10.6 Å². The molecule has 0 bridgehead atoms. The van der Waals surface area contributed by atoms with Crippen molar-refractivity contribution in [2.45, 2.75) is 39.2 Å². The molecule has 5 heteroatoms. The third-order valence-corrected chi connectivity index (χ3v) is 3.23. The summed E-state index contributed by atoms with van der Waals surface area (Å²) in [4.78, 5) is 25.3. The van der Waals surface area contributed by atoms with Gasteiger partial charge in [-0.05, 0) is 33.6 Å².